The number of aryl methyl sites for hydroxylation is 1. The van der Waals surface area contributed by atoms with Gasteiger partial charge in [0, 0.05) is 18.8 Å². The van der Waals surface area contributed by atoms with Gasteiger partial charge in [0.2, 0.25) is 0 Å². The van der Waals surface area contributed by atoms with E-state index in [9.17, 15) is 26.7 Å². The van der Waals surface area contributed by atoms with E-state index < -0.39 is 30.5 Å². The molecule has 0 bridgehead atoms. The lowest BCUT2D eigenvalue weighted by Crippen LogP contribution is -2.33. The number of nitrogens with one attached hydrogen (secondary N) is 1. The predicted octanol–water partition coefficient (Wildman–Crippen LogP) is 4.76. The highest BCUT2D eigenvalue weighted by atomic mass is 35.5. The number of hydrogen-bond acceptors (Lipinski definition) is 6. The van der Waals surface area contributed by atoms with Crippen molar-refractivity contribution in [2.75, 3.05) is 11.9 Å². The maximum atomic E-state index is 12.9. The average Bonchev–Trinajstić information content (AvgIpc) is 2.97. The Hall–Kier alpha value is -2.63. The first-order valence-electron chi connectivity index (χ1n) is 8.71. The highest BCUT2D eigenvalue weighted by Crippen LogP contribution is 2.38. The molecule has 1 unspecified atom stereocenters. The van der Waals surface area contributed by atoms with Crippen molar-refractivity contribution < 1.29 is 36.2 Å². The number of pyridine rings is 1. The van der Waals surface area contributed by atoms with E-state index in [4.69, 9.17) is 16.3 Å². The highest BCUT2D eigenvalue weighted by Gasteiger charge is 2.36. The second kappa shape index (κ2) is 9.45. The molecule has 13 heteroatoms. The van der Waals surface area contributed by atoms with Gasteiger partial charge in [-0.2, -0.15) is 27.1 Å². The van der Waals surface area contributed by atoms with Gasteiger partial charge in [-0.1, -0.05) is 11.6 Å². The molecule has 0 saturated heterocycles. The van der Waals surface area contributed by atoms with Crippen LogP contribution in [0, 0.1) is 0 Å². The van der Waals surface area contributed by atoms with Crippen LogP contribution in [0.25, 0.3) is 11.3 Å². The van der Waals surface area contributed by atoms with Crippen LogP contribution in [0.5, 0.6) is 5.75 Å². The molecule has 0 radical (unpaired) electrons. The van der Waals surface area contributed by atoms with Crippen LogP contribution in [0.4, 0.5) is 27.8 Å². The Kier molecular flexibility index (Phi) is 7.45. The van der Waals surface area contributed by atoms with Gasteiger partial charge in [0.15, 0.2) is 5.69 Å². The van der Waals surface area contributed by atoms with Crippen LogP contribution in [-0.2, 0) is 11.3 Å². The van der Waals surface area contributed by atoms with Crippen molar-refractivity contribution in [1.29, 1.82) is 0 Å². The summed E-state index contributed by atoms with van der Waals surface area (Å²) in [6.45, 7) is 1.05. The Morgan fingerprint density at radius 2 is 2.00 bits per heavy atom. The number of aromatic nitrogens is 3. The highest BCUT2D eigenvalue weighted by molar-refractivity contribution is 6.36. The van der Waals surface area contributed by atoms with Crippen molar-refractivity contribution in [1.82, 2.24) is 14.8 Å². The van der Waals surface area contributed by atoms with Crippen LogP contribution in [0.3, 0.4) is 0 Å². The van der Waals surface area contributed by atoms with Gasteiger partial charge < -0.3 is 14.8 Å². The molecule has 0 aliphatic rings. The smallest absolute Gasteiger partial charge is 0.408 e. The number of carbonyl (C=O) groups excluding carboxylic acids is 1. The Morgan fingerprint density at radius 1 is 1.33 bits per heavy atom. The SMILES string of the molecule is CCOC(=O)c1nn(CC)c(-c2cnc(NC(C)C(F)(F)F)cc2OC(F)F)c1Cl. The molecule has 7 nitrogen and oxygen atoms in total. The van der Waals surface area contributed by atoms with Crippen LogP contribution in [0.15, 0.2) is 12.3 Å². The molecule has 0 aromatic carbocycles. The van der Waals surface area contributed by atoms with E-state index in [1.165, 1.54) is 4.68 Å². The standard InChI is InChI=1S/C17H18ClF5N4O3/c1-4-27-14(12(18)13(26-27)15(28)29-5-2)9-7-24-11(6-10(9)30-16(19)20)25-8(3)17(21,22)23/h6-8,16H,4-5H2,1-3H3,(H,24,25). The maximum absolute atomic E-state index is 12.9. The van der Waals surface area contributed by atoms with Gasteiger partial charge in [-0.15, -0.1) is 0 Å². The van der Waals surface area contributed by atoms with Crippen LogP contribution in [0.2, 0.25) is 5.02 Å². The van der Waals surface area contributed by atoms with Crippen LogP contribution in [-0.4, -0.2) is 46.2 Å². The number of hydrogen-bond donors (Lipinski definition) is 1. The predicted molar refractivity (Wildman–Crippen MR) is 97.9 cm³/mol. The summed E-state index contributed by atoms with van der Waals surface area (Å²) < 4.78 is 74.8. The minimum Gasteiger partial charge on any atom is -0.461 e. The number of rotatable bonds is 8. The van der Waals surface area contributed by atoms with Gasteiger partial charge in [0.05, 0.1) is 17.9 Å². The van der Waals surface area contributed by atoms with E-state index in [2.05, 4.69) is 20.1 Å². The molecular weight excluding hydrogens is 439 g/mol. The topological polar surface area (TPSA) is 78.3 Å². The molecule has 0 aliphatic heterocycles. The molecule has 2 aromatic heterocycles. The van der Waals surface area contributed by atoms with Gasteiger partial charge in [-0.05, 0) is 20.8 Å². The number of alkyl halides is 5. The molecule has 2 heterocycles. The number of carbonyl (C=O) groups is 1. The largest absolute Gasteiger partial charge is 0.461 e. The summed E-state index contributed by atoms with van der Waals surface area (Å²) in [5.41, 5.74) is -0.303. The second-order valence-electron chi connectivity index (χ2n) is 5.90. The number of ether oxygens (including phenoxy) is 2. The zero-order chi connectivity index (χ0) is 22.6. The number of nitrogens with zero attached hydrogens (tertiary/aromatic N) is 3. The summed E-state index contributed by atoms with van der Waals surface area (Å²) in [4.78, 5) is 15.9. The first-order chi connectivity index (χ1) is 14.0. The molecular formula is C17H18ClF5N4O3. The summed E-state index contributed by atoms with van der Waals surface area (Å²) in [7, 11) is 0. The molecule has 1 N–H and O–H groups in total. The van der Waals surface area contributed by atoms with E-state index in [1.807, 2.05) is 0 Å². The van der Waals surface area contributed by atoms with Crippen molar-refractivity contribution in [3.8, 4) is 17.0 Å². The van der Waals surface area contributed by atoms with Crippen molar-refractivity contribution in [2.24, 2.45) is 0 Å². The molecule has 0 spiro atoms. The molecule has 30 heavy (non-hydrogen) atoms. The Bertz CT molecular complexity index is 904. The molecule has 0 fully saturated rings. The first-order valence-corrected chi connectivity index (χ1v) is 9.09. The van der Waals surface area contributed by atoms with E-state index >= 15 is 0 Å². The van der Waals surface area contributed by atoms with E-state index in [0.717, 1.165) is 19.2 Å². The number of esters is 1. The Labute approximate surface area is 173 Å². The lowest BCUT2D eigenvalue weighted by Gasteiger charge is -2.19. The molecule has 0 amide bonds. The van der Waals surface area contributed by atoms with Crippen LogP contribution < -0.4 is 10.1 Å². The van der Waals surface area contributed by atoms with Crippen LogP contribution in [0.1, 0.15) is 31.3 Å². The number of halogens is 6. The van der Waals surface area contributed by atoms with Gasteiger partial charge in [0.1, 0.15) is 22.6 Å². The van der Waals surface area contributed by atoms with Gasteiger partial charge in [0.25, 0.3) is 0 Å². The third-order valence-corrected chi connectivity index (χ3v) is 4.21. The van der Waals surface area contributed by atoms with Crippen LogP contribution >= 0.6 is 11.6 Å². The average molecular weight is 457 g/mol. The quantitative estimate of drug-likeness (QED) is 0.456. The fourth-order valence-corrected chi connectivity index (χ4v) is 2.76. The van der Waals surface area contributed by atoms with Crippen molar-refractivity contribution >= 4 is 23.4 Å². The van der Waals surface area contributed by atoms with E-state index in [1.54, 1.807) is 13.8 Å². The molecule has 0 saturated carbocycles. The Morgan fingerprint density at radius 3 is 2.53 bits per heavy atom. The normalized spacial score (nSPS) is 12.7. The van der Waals surface area contributed by atoms with E-state index in [0.29, 0.717) is 0 Å². The molecule has 166 valence electrons. The lowest BCUT2D eigenvalue weighted by molar-refractivity contribution is -0.138. The zero-order valence-corrected chi connectivity index (χ0v) is 16.8. The lowest BCUT2D eigenvalue weighted by atomic mass is 10.1. The first kappa shape index (κ1) is 23.6. The summed E-state index contributed by atoms with van der Waals surface area (Å²) in [6.07, 6.45) is -3.57. The zero-order valence-electron chi connectivity index (χ0n) is 16.1. The number of anilines is 1. The van der Waals surface area contributed by atoms with Crippen molar-refractivity contribution in [3.63, 3.8) is 0 Å². The minimum absolute atomic E-state index is 0.0285. The summed E-state index contributed by atoms with van der Waals surface area (Å²) >= 11 is 6.25. The fraction of sp³-hybridized carbons (Fsp3) is 0.471. The fourth-order valence-electron chi connectivity index (χ4n) is 2.45. The molecule has 1 atom stereocenters. The third-order valence-electron chi connectivity index (χ3n) is 3.86. The summed E-state index contributed by atoms with van der Waals surface area (Å²) in [5.74, 6) is -1.66. The Balaban J connectivity index is 2.56. The van der Waals surface area contributed by atoms with Crippen molar-refractivity contribution in [2.45, 2.75) is 46.1 Å². The van der Waals surface area contributed by atoms with Crippen molar-refractivity contribution in [3.05, 3.63) is 23.0 Å². The second-order valence-corrected chi connectivity index (χ2v) is 6.28. The monoisotopic (exact) mass is 456 g/mol. The molecule has 2 aromatic rings. The minimum atomic E-state index is -4.58. The molecule has 0 aliphatic carbocycles. The van der Waals surface area contributed by atoms with Gasteiger partial charge in [-0.25, -0.2) is 9.78 Å². The van der Waals surface area contributed by atoms with E-state index in [-0.39, 0.29) is 40.9 Å². The summed E-state index contributed by atoms with van der Waals surface area (Å²) in [5, 5.41) is 5.89. The van der Waals surface area contributed by atoms with Gasteiger partial charge in [-0.3, -0.25) is 4.68 Å². The molecule has 2 rings (SSSR count). The summed E-state index contributed by atoms with van der Waals surface area (Å²) in [6, 6.07) is -1.10. The third kappa shape index (κ3) is 5.29. The maximum Gasteiger partial charge on any atom is 0.408 e. The van der Waals surface area contributed by atoms with Gasteiger partial charge >= 0.3 is 18.8 Å².